The lowest BCUT2D eigenvalue weighted by atomic mass is 9.88. The van der Waals surface area contributed by atoms with Gasteiger partial charge in [0.05, 0.1) is 39.6 Å². The molecule has 13 aromatic rings. The third-order valence-electron chi connectivity index (χ3n) is 12.8. The zero-order chi connectivity index (χ0) is 40.0. The van der Waals surface area contributed by atoms with Crippen LogP contribution in [0.25, 0.3) is 126 Å². The van der Waals surface area contributed by atoms with Crippen molar-refractivity contribution in [2.75, 3.05) is 0 Å². The Hall–Kier alpha value is -8.14. The zero-order valence-electron chi connectivity index (χ0n) is 33.0. The van der Waals surface area contributed by atoms with E-state index in [0.717, 1.165) is 38.4 Å². The number of fused-ring (bicyclic) bond motifs is 12. The summed E-state index contributed by atoms with van der Waals surface area (Å²) in [5.41, 5.74) is 12.2. The van der Waals surface area contributed by atoms with Crippen molar-refractivity contribution in [2.45, 2.75) is 0 Å². The molecule has 0 radical (unpaired) electrons. The largest absolute Gasteiger partial charge is 0.309 e. The Morgan fingerprint density at radius 2 is 0.639 bits per heavy atom. The van der Waals surface area contributed by atoms with E-state index in [4.69, 9.17) is 9.97 Å². The first-order valence-corrected chi connectivity index (χ1v) is 20.9. The third-order valence-corrected chi connectivity index (χ3v) is 12.8. The lowest BCUT2D eigenvalue weighted by molar-refractivity contribution is 1.20. The van der Waals surface area contributed by atoms with E-state index in [9.17, 15) is 0 Å². The number of hydrogen-bond donors (Lipinski definition) is 0. The van der Waals surface area contributed by atoms with Gasteiger partial charge in [0, 0.05) is 32.5 Å². The number of benzene rings is 11. The Morgan fingerprint density at radius 1 is 0.262 bits per heavy atom. The van der Waals surface area contributed by atoms with Crippen LogP contribution >= 0.6 is 0 Å². The maximum absolute atomic E-state index is 5.38. The van der Waals surface area contributed by atoms with Crippen LogP contribution in [0.1, 0.15) is 0 Å². The summed E-state index contributed by atoms with van der Waals surface area (Å²) in [6, 6.07) is 74.8. The minimum Gasteiger partial charge on any atom is -0.309 e. The summed E-state index contributed by atoms with van der Waals surface area (Å²) in [5, 5.41) is 14.4. The fraction of sp³-hybridized carbons (Fsp3) is 0. The number of rotatable bonds is 4. The number of nitrogens with zero attached hydrogens (tertiary/aromatic N) is 3. The molecule has 0 unspecified atom stereocenters. The molecular weight excluding hydrogens is 739 g/mol. The molecule has 0 bridgehead atoms. The molecule has 0 aliphatic rings. The van der Waals surface area contributed by atoms with Gasteiger partial charge in [-0.15, -0.1) is 0 Å². The van der Waals surface area contributed by atoms with Crippen LogP contribution in [-0.4, -0.2) is 14.5 Å². The molecule has 0 spiro atoms. The molecule has 2 heterocycles. The average molecular weight is 774 g/mol. The highest BCUT2D eigenvalue weighted by Gasteiger charge is 2.19. The van der Waals surface area contributed by atoms with Crippen LogP contribution in [-0.2, 0) is 0 Å². The fourth-order valence-electron chi connectivity index (χ4n) is 10.2. The van der Waals surface area contributed by atoms with Crippen LogP contribution in [0.2, 0.25) is 0 Å². The predicted octanol–water partition coefficient (Wildman–Crippen LogP) is 15.5. The molecule has 2 aromatic heterocycles. The maximum Gasteiger partial charge on any atom is 0.0979 e. The Bertz CT molecular complexity index is 3860. The van der Waals surface area contributed by atoms with E-state index >= 15 is 0 Å². The van der Waals surface area contributed by atoms with E-state index in [1.54, 1.807) is 0 Å². The van der Waals surface area contributed by atoms with Crippen molar-refractivity contribution in [2.24, 2.45) is 0 Å². The topological polar surface area (TPSA) is 30.7 Å². The maximum atomic E-state index is 5.38. The van der Waals surface area contributed by atoms with Gasteiger partial charge >= 0.3 is 0 Å². The first-order chi connectivity index (χ1) is 30.3. The molecule has 282 valence electrons. The first kappa shape index (κ1) is 33.8. The van der Waals surface area contributed by atoms with Crippen LogP contribution in [0.3, 0.4) is 0 Å². The molecule has 0 aliphatic heterocycles. The second-order valence-electron chi connectivity index (χ2n) is 16.0. The fourth-order valence-corrected chi connectivity index (χ4v) is 10.2. The standard InChI is InChI=1S/C58H35N3/c1-4-18-48-43(15-1)46(33-34-56(48)61-54-31-9-7-19-49(54)50-20-8-10-32-55(50)61)41-27-12-24-37-36(23-11-25-39(37)41)38-26-13-29-42-40(38)28-14-30-47(42)53-35-59-57-51-21-5-2-16-44(51)45-17-3-6-22-52(45)58(57)60-53/h1-35H. The summed E-state index contributed by atoms with van der Waals surface area (Å²) in [7, 11) is 0. The minimum absolute atomic E-state index is 0.868. The van der Waals surface area contributed by atoms with Crippen LogP contribution in [0.15, 0.2) is 212 Å². The van der Waals surface area contributed by atoms with Crippen LogP contribution in [0.4, 0.5) is 0 Å². The number of aromatic nitrogens is 3. The van der Waals surface area contributed by atoms with Gasteiger partial charge in [0.1, 0.15) is 0 Å². The Morgan fingerprint density at radius 3 is 1.20 bits per heavy atom. The van der Waals surface area contributed by atoms with E-state index in [0.29, 0.717) is 0 Å². The van der Waals surface area contributed by atoms with Gasteiger partial charge < -0.3 is 4.57 Å². The van der Waals surface area contributed by atoms with Gasteiger partial charge in [-0.2, -0.15) is 0 Å². The van der Waals surface area contributed by atoms with Gasteiger partial charge in [0.2, 0.25) is 0 Å². The van der Waals surface area contributed by atoms with Crippen molar-refractivity contribution in [1.29, 1.82) is 0 Å². The lowest BCUT2D eigenvalue weighted by Gasteiger charge is -2.17. The van der Waals surface area contributed by atoms with Crippen molar-refractivity contribution >= 4 is 86.7 Å². The molecule has 3 nitrogen and oxygen atoms in total. The monoisotopic (exact) mass is 773 g/mol. The van der Waals surface area contributed by atoms with Crippen molar-refractivity contribution in [3.05, 3.63) is 212 Å². The van der Waals surface area contributed by atoms with E-state index in [2.05, 4.69) is 211 Å². The van der Waals surface area contributed by atoms with Gasteiger partial charge in [-0.25, -0.2) is 4.98 Å². The van der Waals surface area contributed by atoms with Gasteiger partial charge in [-0.3, -0.25) is 4.98 Å². The summed E-state index contributed by atoms with van der Waals surface area (Å²) in [5.74, 6) is 0. The Balaban J connectivity index is 0.976. The minimum atomic E-state index is 0.868. The number of para-hydroxylation sites is 2. The van der Waals surface area contributed by atoms with Gasteiger partial charge in [0.15, 0.2) is 0 Å². The summed E-state index contributed by atoms with van der Waals surface area (Å²) in [4.78, 5) is 10.5. The molecule has 0 saturated heterocycles. The molecule has 3 heteroatoms. The van der Waals surface area contributed by atoms with Crippen LogP contribution < -0.4 is 0 Å². The Kier molecular flexibility index (Phi) is 7.31. The predicted molar refractivity (Wildman–Crippen MR) is 258 cm³/mol. The van der Waals surface area contributed by atoms with Crippen molar-refractivity contribution in [3.8, 4) is 39.2 Å². The second-order valence-corrected chi connectivity index (χ2v) is 16.0. The average Bonchev–Trinajstić information content (AvgIpc) is 3.67. The molecule has 0 saturated carbocycles. The lowest BCUT2D eigenvalue weighted by Crippen LogP contribution is -1.96. The number of hydrogen-bond acceptors (Lipinski definition) is 2. The second kappa shape index (κ2) is 13.2. The molecule has 13 rings (SSSR count). The van der Waals surface area contributed by atoms with E-state index in [-0.39, 0.29) is 0 Å². The molecule has 0 amide bonds. The molecular formula is C58H35N3. The summed E-state index contributed by atoms with van der Waals surface area (Å²) in [6.07, 6.45) is 1.95. The van der Waals surface area contributed by atoms with Crippen molar-refractivity contribution in [3.63, 3.8) is 0 Å². The Labute approximate surface area is 351 Å². The summed E-state index contributed by atoms with van der Waals surface area (Å²) >= 11 is 0. The van der Waals surface area contributed by atoms with Gasteiger partial charge in [-0.1, -0.05) is 188 Å². The highest BCUT2D eigenvalue weighted by molar-refractivity contribution is 6.23. The smallest absolute Gasteiger partial charge is 0.0979 e. The summed E-state index contributed by atoms with van der Waals surface area (Å²) in [6.45, 7) is 0. The van der Waals surface area contributed by atoms with E-state index < -0.39 is 0 Å². The van der Waals surface area contributed by atoms with Crippen molar-refractivity contribution in [1.82, 2.24) is 14.5 Å². The van der Waals surface area contributed by atoms with E-state index in [1.807, 2.05) is 6.20 Å². The molecule has 0 N–H and O–H groups in total. The molecule has 0 atom stereocenters. The molecule has 61 heavy (non-hydrogen) atoms. The SMILES string of the molecule is c1cc(-c2cccc3c(-c4ccc(-n5c6ccccc6c6ccccc65)c5ccccc45)cccc23)c2cccc(-c3cnc4c5ccccc5c5ccccc5c4n3)c2c1. The first-order valence-electron chi connectivity index (χ1n) is 20.9. The molecule has 0 fully saturated rings. The molecule has 0 aliphatic carbocycles. The van der Waals surface area contributed by atoms with Crippen LogP contribution in [0.5, 0.6) is 0 Å². The van der Waals surface area contributed by atoms with E-state index in [1.165, 1.54) is 87.5 Å². The molecule has 11 aromatic carbocycles. The highest BCUT2D eigenvalue weighted by atomic mass is 15.0. The van der Waals surface area contributed by atoms with Gasteiger partial charge in [0.25, 0.3) is 0 Å². The third kappa shape index (κ3) is 4.98. The van der Waals surface area contributed by atoms with Crippen molar-refractivity contribution < 1.29 is 0 Å². The zero-order valence-corrected chi connectivity index (χ0v) is 33.0. The summed E-state index contributed by atoms with van der Waals surface area (Å²) < 4.78 is 2.43. The van der Waals surface area contributed by atoms with Gasteiger partial charge in [-0.05, 0) is 78.2 Å². The van der Waals surface area contributed by atoms with Crippen LogP contribution in [0, 0.1) is 0 Å². The normalized spacial score (nSPS) is 11.9. The highest BCUT2D eigenvalue weighted by Crippen LogP contribution is 2.43. The quantitative estimate of drug-likeness (QED) is 0.167.